The second-order valence-corrected chi connectivity index (χ2v) is 3.51. The van der Waals surface area contributed by atoms with E-state index in [-0.39, 0.29) is 18.0 Å². The molecule has 1 aromatic rings. The zero-order chi connectivity index (χ0) is 10.8. The van der Waals surface area contributed by atoms with E-state index in [1.807, 2.05) is 0 Å². The van der Waals surface area contributed by atoms with E-state index >= 15 is 0 Å². The molecule has 0 radical (unpaired) electrons. The third-order valence-corrected chi connectivity index (χ3v) is 2.14. The van der Waals surface area contributed by atoms with E-state index in [2.05, 4.69) is 0 Å². The Morgan fingerprint density at radius 2 is 2.13 bits per heavy atom. The molecule has 0 atom stereocenters. The van der Waals surface area contributed by atoms with E-state index in [1.165, 1.54) is 19.1 Å². The fourth-order valence-corrected chi connectivity index (χ4v) is 1.61. The molecule has 0 aliphatic carbocycles. The zero-order valence-corrected chi connectivity index (χ0v) is 8.45. The summed E-state index contributed by atoms with van der Waals surface area (Å²) in [5.74, 6) is 1.21. The molecule has 1 aliphatic heterocycles. The number of ketones is 1. The highest BCUT2D eigenvalue weighted by Gasteiger charge is 2.18. The van der Waals surface area contributed by atoms with Crippen molar-refractivity contribution in [3.63, 3.8) is 0 Å². The molecule has 0 unspecified atom stereocenters. The first-order valence-corrected chi connectivity index (χ1v) is 4.78. The summed E-state index contributed by atoms with van der Waals surface area (Å²) < 4.78 is 10.8. The summed E-state index contributed by atoms with van der Waals surface area (Å²) in [6.07, 6.45) is 0.250. The molecule has 0 bridgehead atoms. The molecule has 4 heteroatoms. The van der Waals surface area contributed by atoms with Crippen molar-refractivity contribution in [1.29, 1.82) is 0 Å². The predicted molar refractivity (Wildman–Crippen MR) is 53.5 cm³/mol. The van der Waals surface area contributed by atoms with Crippen molar-refractivity contribution < 1.29 is 19.4 Å². The van der Waals surface area contributed by atoms with Gasteiger partial charge in [-0.1, -0.05) is 0 Å². The fourth-order valence-electron chi connectivity index (χ4n) is 1.61. The summed E-state index contributed by atoms with van der Waals surface area (Å²) in [5, 5.41) is 9.44. The maximum absolute atomic E-state index is 11.0. The van der Waals surface area contributed by atoms with Gasteiger partial charge < -0.3 is 14.6 Å². The van der Waals surface area contributed by atoms with Gasteiger partial charge in [-0.15, -0.1) is 0 Å². The first-order valence-electron chi connectivity index (χ1n) is 4.78. The Balaban J connectivity index is 2.43. The van der Waals surface area contributed by atoms with Gasteiger partial charge in [0.1, 0.15) is 24.7 Å². The Bertz CT molecular complexity index is 398. The minimum Gasteiger partial charge on any atom is -0.508 e. The van der Waals surface area contributed by atoms with E-state index in [9.17, 15) is 9.90 Å². The number of aromatic hydroxyl groups is 1. The van der Waals surface area contributed by atoms with E-state index in [4.69, 9.17) is 9.47 Å². The summed E-state index contributed by atoms with van der Waals surface area (Å²) >= 11 is 0. The molecule has 1 N–H and O–H groups in total. The molecule has 0 aromatic heterocycles. The van der Waals surface area contributed by atoms with Gasteiger partial charge in [-0.25, -0.2) is 0 Å². The van der Waals surface area contributed by atoms with Gasteiger partial charge >= 0.3 is 0 Å². The van der Waals surface area contributed by atoms with Crippen LogP contribution in [0, 0.1) is 0 Å². The molecule has 1 heterocycles. The highest BCUT2D eigenvalue weighted by molar-refractivity contribution is 5.79. The van der Waals surface area contributed by atoms with Gasteiger partial charge in [0.2, 0.25) is 0 Å². The molecule has 15 heavy (non-hydrogen) atoms. The average Bonchev–Trinajstić information content (AvgIpc) is 2.16. The number of hydrogen-bond acceptors (Lipinski definition) is 4. The van der Waals surface area contributed by atoms with Crippen molar-refractivity contribution >= 4 is 5.78 Å². The minimum absolute atomic E-state index is 0.0250. The number of ether oxygens (including phenoxy) is 2. The number of benzene rings is 1. The molecule has 4 nitrogen and oxygen atoms in total. The fraction of sp³-hybridized carbons (Fsp3) is 0.364. The third-order valence-electron chi connectivity index (χ3n) is 2.14. The van der Waals surface area contributed by atoms with E-state index in [1.54, 1.807) is 0 Å². The lowest BCUT2D eigenvalue weighted by Crippen LogP contribution is -2.17. The largest absolute Gasteiger partial charge is 0.508 e. The molecule has 80 valence electrons. The molecule has 0 saturated carbocycles. The normalized spacial score (nSPS) is 13.7. The molecular weight excluding hydrogens is 196 g/mol. The van der Waals surface area contributed by atoms with Crippen LogP contribution in [0.5, 0.6) is 17.2 Å². The van der Waals surface area contributed by atoms with Crippen LogP contribution in [-0.4, -0.2) is 24.1 Å². The van der Waals surface area contributed by atoms with Crippen LogP contribution in [0.15, 0.2) is 12.1 Å². The van der Waals surface area contributed by atoms with Gasteiger partial charge in [-0.3, -0.25) is 4.79 Å². The monoisotopic (exact) mass is 208 g/mol. The number of phenolic OH excluding ortho intramolecular Hbond substituents is 1. The maximum Gasteiger partial charge on any atom is 0.165 e. The summed E-state index contributed by atoms with van der Waals surface area (Å²) in [5.41, 5.74) is 0.678. The minimum atomic E-state index is 0.0250. The number of fused-ring (bicyclic) bond motifs is 1. The van der Waals surface area contributed by atoms with Crippen LogP contribution < -0.4 is 9.47 Å². The van der Waals surface area contributed by atoms with Crippen molar-refractivity contribution in [2.45, 2.75) is 13.3 Å². The second-order valence-electron chi connectivity index (χ2n) is 3.51. The summed E-state index contributed by atoms with van der Waals surface area (Å²) in [7, 11) is 0. The number of rotatable bonds is 2. The molecule has 2 rings (SSSR count). The topological polar surface area (TPSA) is 55.8 Å². The zero-order valence-electron chi connectivity index (χ0n) is 8.45. The van der Waals surface area contributed by atoms with Crippen LogP contribution in [0.3, 0.4) is 0 Å². The smallest absolute Gasteiger partial charge is 0.165 e. The molecular formula is C11H12O4. The van der Waals surface area contributed by atoms with Gasteiger partial charge in [-0.05, 0) is 13.0 Å². The quantitative estimate of drug-likeness (QED) is 0.795. The Morgan fingerprint density at radius 3 is 2.87 bits per heavy atom. The Labute approximate surface area is 87.4 Å². The van der Waals surface area contributed by atoms with Crippen LogP contribution >= 0.6 is 0 Å². The third kappa shape index (κ3) is 2.03. The van der Waals surface area contributed by atoms with Crippen LogP contribution in [0.25, 0.3) is 0 Å². The molecule has 0 amide bonds. The van der Waals surface area contributed by atoms with Crippen molar-refractivity contribution in [3.05, 3.63) is 17.7 Å². The molecule has 0 spiro atoms. The lowest BCUT2D eigenvalue weighted by atomic mass is 10.1. The highest BCUT2D eigenvalue weighted by atomic mass is 16.6. The SMILES string of the molecule is CC(=O)Cc1cc(O)cc2c1OCCO2. The Morgan fingerprint density at radius 1 is 1.40 bits per heavy atom. The van der Waals surface area contributed by atoms with Gasteiger partial charge in [-0.2, -0.15) is 0 Å². The molecule has 0 fully saturated rings. The van der Waals surface area contributed by atoms with Gasteiger partial charge in [0.15, 0.2) is 11.5 Å². The first-order chi connectivity index (χ1) is 7.16. The van der Waals surface area contributed by atoms with Crippen molar-refractivity contribution in [2.75, 3.05) is 13.2 Å². The number of hydrogen-bond donors (Lipinski definition) is 1. The van der Waals surface area contributed by atoms with Crippen LogP contribution in [0.4, 0.5) is 0 Å². The molecule has 0 saturated heterocycles. The van der Waals surface area contributed by atoms with Crippen LogP contribution in [0.2, 0.25) is 0 Å². The number of carbonyl (C=O) groups excluding carboxylic acids is 1. The lowest BCUT2D eigenvalue weighted by Gasteiger charge is -2.21. The highest BCUT2D eigenvalue weighted by Crippen LogP contribution is 2.37. The first kappa shape index (κ1) is 9.83. The van der Waals surface area contributed by atoms with Crippen molar-refractivity contribution in [2.24, 2.45) is 0 Å². The molecule has 1 aliphatic rings. The van der Waals surface area contributed by atoms with Crippen molar-refractivity contribution in [3.8, 4) is 17.2 Å². The standard InChI is InChI=1S/C11H12O4/c1-7(12)4-8-5-9(13)6-10-11(8)15-3-2-14-10/h5-6,13H,2-4H2,1H3. The van der Waals surface area contributed by atoms with Gasteiger partial charge in [0.05, 0.1) is 0 Å². The van der Waals surface area contributed by atoms with Gasteiger partial charge in [0.25, 0.3) is 0 Å². The Kier molecular flexibility index (Phi) is 2.49. The van der Waals surface area contributed by atoms with E-state index in [0.29, 0.717) is 30.3 Å². The summed E-state index contributed by atoms with van der Waals surface area (Å²) in [6.45, 7) is 2.44. The maximum atomic E-state index is 11.0. The van der Waals surface area contributed by atoms with Gasteiger partial charge in [0, 0.05) is 18.1 Å². The van der Waals surface area contributed by atoms with E-state index in [0.717, 1.165) is 0 Å². The second kappa shape index (κ2) is 3.81. The van der Waals surface area contributed by atoms with E-state index < -0.39 is 0 Å². The van der Waals surface area contributed by atoms with Crippen LogP contribution in [-0.2, 0) is 11.2 Å². The predicted octanol–water partition coefficient (Wildman–Crippen LogP) is 1.29. The van der Waals surface area contributed by atoms with Crippen LogP contribution in [0.1, 0.15) is 12.5 Å². The average molecular weight is 208 g/mol. The molecule has 1 aromatic carbocycles. The van der Waals surface area contributed by atoms with Crippen molar-refractivity contribution in [1.82, 2.24) is 0 Å². The summed E-state index contributed by atoms with van der Waals surface area (Å²) in [4.78, 5) is 11.0. The Hall–Kier alpha value is -1.71. The number of carbonyl (C=O) groups is 1. The number of Topliss-reactive ketones (excluding diaryl/α,β-unsaturated/α-hetero) is 1. The number of phenols is 1. The summed E-state index contributed by atoms with van der Waals surface area (Å²) in [6, 6.07) is 3.03. The lowest BCUT2D eigenvalue weighted by molar-refractivity contribution is -0.116.